The van der Waals surface area contributed by atoms with Gasteiger partial charge in [-0.15, -0.1) is 0 Å². The summed E-state index contributed by atoms with van der Waals surface area (Å²) in [6.07, 6.45) is 0. The van der Waals surface area contributed by atoms with Gasteiger partial charge in [-0.1, -0.05) is 17.7 Å². The zero-order chi connectivity index (χ0) is 13.1. The summed E-state index contributed by atoms with van der Waals surface area (Å²) in [6.45, 7) is 0. The van der Waals surface area contributed by atoms with Crippen molar-refractivity contribution in [3.05, 3.63) is 47.2 Å². The summed E-state index contributed by atoms with van der Waals surface area (Å²) < 4.78 is 18.7. The molecule has 0 spiro atoms. The predicted octanol–water partition coefficient (Wildman–Crippen LogP) is 3.81. The van der Waals surface area contributed by atoms with Crippen LogP contribution in [0.15, 0.2) is 36.4 Å². The first kappa shape index (κ1) is 12.5. The Labute approximate surface area is 109 Å². The van der Waals surface area contributed by atoms with E-state index in [4.69, 9.17) is 22.1 Å². The van der Waals surface area contributed by atoms with Crippen molar-refractivity contribution in [2.24, 2.45) is 0 Å². The molecule has 2 aromatic carbocycles. The molecule has 0 aliphatic heterocycles. The number of methoxy groups -OCH3 is 1. The molecule has 2 rings (SSSR count). The van der Waals surface area contributed by atoms with Crippen LogP contribution in [0.2, 0.25) is 5.02 Å². The number of hydrogen-bond donors (Lipinski definition) is 2. The molecule has 0 radical (unpaired) electrons. The predicted molar refractivity (Wildman–Crippen MR) is 72.1 cm³/mol. The molecule has 0 unspecified atom stereocenters. The fraction of sp³-hybridized carbons (Fsp3) is 0.0769. The molecule has 0 aliphatic carbocycles. The SMILES string of the molecule is COc1ccc(F)c(Nc2c(N)cccc2Cl)c1. The minimum Gasteiger partial charge on any atom is -0.497 e. The van der Waals surface area contributed by atoms with E-state index in [9.17, 15) is 4.39 Å². The van der Waals surface area contributed by atoms with Crippen LogP contribution in [0.1, 0.15) is 0 Å². The molecular weight excluding hydrogens is 255 g/mol. The summed E-state index contributed by atoms with van der Waals surface area (Å²) in [5, 5.41) is 3.30. The number of ether oxygens (including phenoxy) is 1. The van der Waals surface area contributed by atoms with Crippen LogP contribution in [0, 0.1) is 5.82 Å². The van der Waals surface area contributed by atoms with Crippen molar-refractivity contribution in [3.63, 3.8) is 0 Å². The minimum absolute atomic E-state index is 0.258. The maximum atomic E-state index is 13.7. The Morgan fingerprint density at radius 3 is 2.72 bits per heavy atom. The number of halogens is 2. The van der Waals surface area contributed by atoms with Gasteiger partial charge in [0, 0.05) is 6.07 Å². The van der Waals surface area contributed by atoms with E-state index in [-0.39, 0.29) is 5.69 Å². The van der Waals surface area contributed by atoms with Gasteiger partial charge in [0.25, 0.3) is 0 Å². The molecule has 5 heteroatoms. The summed E-state index contributed by atoms with van der Waals surface area (Å²) in [5.74, 6) is 0.139. The Hall–Kier alpha value is -1.94. The van der Waals surface area contributed by atoms with E-state index in [0.29, 0.717) is 22.1 Å². The Bertz CT molecular complexity index is 555. The number of benzene rings is 2. The van der Waals surface area contributed by atoms with Crippen molar-refractivity contribution in [3.8, 4) is 5.75 Å². The summed E-state index contributed by atoms with van der Waals surface area (Å²) in [4.78, 5) is 0. The lowest BCUT2D eigenvalue weighted by Crippen LogP contribution is -1.99. The summed E-state index contributed by atoms with van der Waals surface area (Å²) in [6, 6.07) is 9.48. The fourth-order valence-corrected chi connectivity index (χ4v) is 1.76. The molecule has 0 fully saturated rings. The highest BCUT2D eigenvalue weighted by Gasteiger charge is 2.09. The topological polar surface area (TPSA) is 47.3 Å². The number of anilines is 3. The third-order valence-electron chi connectivity index (χ3n) is 2.48. The van der Waals surface area contributed by atoms with Crippen LogP contribution in [0.5, 0.6) is 5.75 Å². The van der Waals surface area contributed by atoms with Gasteiger partial charge in [0.2, 0.25) is 0 Å². The van der Waals surface area contributed by atoms with E-state index in [0.717, 1.165) is 0 Å². The molecule has 0 aliphatic rings. The first-order valence-electron chi connectivity index (χ1n) is 5.26. The van der Waals surface area contributed by atoms with Crippen LogP contribution in [0.4, 0.5) is 21.5 Å². The van der Waals surface area contributed by atoms with E-state index in [1.54, 1.807) is 18.2 Å². The molecular formula is C13H12ClFN2O. The summed E-state index contributed by atoms with van der Waals surface area (Å²) in [5.41, 5.74) is 6.97. The van der Waals surface area contributed by atoms with Gasteiger partial charge in [-0.2, -0.15) is 0 Å². The molecule has 0 heterocycles. The normalized spacial score (nSPS) is 10.2. The second kappa shape index (κ2) is 5.14. The smallest absolute Gasteiger partial charge is 0.146 e. The maximum absolute atomic E-state index is 13.7. The molecule has 2 aromatic rings. The lowest BCUT2D eigenvalue weighted by molar-refractivity contribution is 0.414. The molecule has 0 bridgehead atoms. The number of para-hydroxylation sites is 1. The number of nitrogens with one attached hydrogen (secondary N) is 1. The molecule has 0 atom stereocenters. The van der Waals surface area contributed by atoms with Crippen molar-refractivity contribution >= 4 is 28.7 Å². The van der Waals surface area contributed by atoms with Crippen LogP contribution in [-0.2, 0) is 0 Å². The Kier molecular flexibility index (Phi) is 3.58. The monoisotopic (exact) mass is 266 g/mol. The lowest BCUT2D eigenvalue weighted by atomic mass is 10.2. The summed E-state index contributed by atoms with van der Waals surface area (Å²) >= 11 is 6.01. The Balaban J connectivity index is 2.39. The maximum Gasteiger partial charge on any atom is 0.146 e. The molecule has 18 heavy (non-hydrogen) atoms. The second-order valence-electron chi connectivity index (χ2n) is 3.67. The highest BCUT2D eigenvalue weighted by Crippen LogP contribution is 2.33. The van der Waals surface area contributed by atoms with E-state index < -0.39 is 5.82 Å². The van der Waals surface area contributed by atoms with Gasteiger partial charge in [0.15, 0.2) is 0 Å². The standard InChI is InChI=1S/C13H12ClFN2O/c1-18-8-5-6-10(15)12(7-8)17-13-9(14)3-2-4-11(13)16/h2-7,17H,16H2,1H3. The molecule has 94 valence electrons. The van der Waals surface area contributed by atoms with Gasteiger partial charge in [0.1, 0.15) is 11.6 Å². The number of nitrogens with two attached hydrogens (primary N) is 1. The Morgan fingerprint density at radius 1 is 1.28 bits per heavy atom. The lowest BCUT2D eigenvalue weighted by Gasteiger charge is -2.12. The van der Waals surface area contributed by atoms with Gasteiger partial charge in [-0.3, -0.25) is 0 Å². The van der Waals surface area contributed by atoms with E-state index in [1.807, 2.05) is 0 Å². The van der Waals surface area contributed by atoms with Crippen LogP contribution in [0.25, 0.3) is 0 Å². The van der Waals surface area contributed by atoms with Crippen LogP contribution < -0.4 is 15.8 Å². The third kappa shape index (κ3) is 2.49. The van der Waals surface area contributed by atoms with Crippen LogP contribution in [0.3, 0.4) is 0 Å². The average molecular weight is 267 g/mol. The number of rotatable bonds is 3. The third-order valence-corrected chi connectivity index (χ3v) is 2.79. The molecule has 0 amide bonds. The van der Waals surface area contributed by atoms with Crippen molar-refractivity contribution in [2.75, 3.05) is 18.2 Å². The molecule has 0 aromatic heterocycles. The van der Waals surface area contributed by atoms with E-state index in [2.05, 4.69) is 5.32 Å². The zero-order valence-corrected chi connectivity index (χ0v) is 10.5. The van der Waals surface area contributed by atoms with Gasteiger partial charge >= 0.3 is 0 Å². The van der Waals surface area contributed by atoms with Gasteiger partial charge in [0.05, 0.1) is 29.2 Å². The highest BCUT2D eigenvalue weighted by atomic mass is 35.5. The molecule has 3 nitrogen and oxygen atoms in total. The average Bonchev–Trinajstić information content (AvgIpc) is 2.36. The van der Waals surface area contributed by atoms with Gasteiger partial charge < -0.3 is 15.8 Å². The van der Waals surface area contributed by atoms with Gasteiger partial charge in [-0.25, -0.2) is 4.39 Å². The summed E-state index contributed by atoms with van der Waals surface area (Å²) in [7, 11) is 1.51. The molecule has 0 saturated heterocycles. The minimum atomic E-state index is -0.407. The molecule has 3 N–H and O–H groups in total. The van der Waals surface area contributed by atoms with E-state index in [1.165, 1.54) is 25.3 Å². The largest absolute Gasteiger partial charge is 0.497 e. The van der Waals surface area contributed by atoms with Crippen molar-refractivity contribution < 1.29 is 9.13 Å². The van der Waals surface area contributed by atoms with Crippen molar-refractivity contribution in [1.82, 2.24) is 0 Å². The van der Waals surface area contributed by atoms with Crippen LogP contribution >= 0.6 is 11.6 Å². The second-order valence-corrected chi connectivity index (χ2v) is 4.08. The Morgan fingerprint density at radius 2 is 2.06 bits per heavy atom. The van der Waals surface area contributed by atoms with Crippen LogP contribution in [-0.4, -0.2) is 7.11 Å². The number of hydrogen-bond acceptors (Lipinski definition) is 3. The molecule has 0 saturated carbocycles. The quantitative estimate of drug-likeness (QED) is 0.831. The zero-order valence-electron chi connectivity index (χ0n) is 9.71. The fourth-order valence-electron chi connectivity index (χ4n) is 1.53. The van der Waals surface area contributed by atoms with Crippen molar-refractivity contribution in [2.45, 2.75) is 0 Å². The number of nitrogen functional groups attached to an aromatic ring is 1. The highest BCUT2D eigenvalue weighted by molar-refractivity contribution is 6.34. The van der Waals surface area contributed by atoms with E-state index >= 15 is 0 Å². The first-order chi connectivity index (χ1) is 8.61. The van der Waals surface area contributed by atoms with Crippen molar-refractivity contribution in [1.29, 1.82) is 0 Å². The van der Waals surface area contributed by atoms with Gasteiger partial charge in [-0.05, 0) is 24.3 Å². The first-order valence-corrected chi connectivity index (χ1v) is 5.64.